The molecular formula is C32H24. The summed E-state index contributed by atoms with van der Waals surface area (Å²) in [5.74, 6) is 0. The third kappa shape index (κ3) is 3.08. The van der Waals surface area contributed by atoms with E-state index in [1.807, 2.05) is 0 Å². The zero-order valence-corrected chi connectivity index (χ0v) is 18.2. The van der Waals surface area contributed by atoms with Gasteiger partial charge in [-0.2, -0.15) is 0 Å². The lowest BCUT2D eigenvalue weighted by Crippen LogP contribution is -1.96. The molecule has 0 nitrogen and oxygen atoms in total. The second kappa shape index (κ2) is 7.66. The summed E-state index contributed by atoms with van der Waals surface area (Å²) in [4.78, 5) is 0. The summed E-state index contributed by atoms with van der Waals surface area (Å²) in [6, 6.07) is 42.0. The standard InChI is InChI=1S/C32H24/c1-22-16-18-23(19-17-22)28-21-29-27-15-9-8-14-26(27)20-30(29)32(25-12-6-3-7-13-25)31(28)24-10-4-2-5-11-24/h2-19,21H,20H2,1H3. The van der Waals surface area contributed by atoms with Gasteiger partial charge in [0, 0.05) is 0 Å². The predicted octanol–water partition coefficient (Wildman–Crippen LogP) is 8.57. The summed E-state index contributed by atoms with van der Waals surface area (Å²) in [5.41, 5.74) is 14.7. The summed E-state index contributed by atoms with van der Waals surface area (Å²) in [7, 11) is 0. The molecule has 0 saturated heterocycles. The first-order valence-electron chi connectivity index (χ1n) is 11.3. The SMILES string of the molecule is Cc1ccc(-c2cc3c(c(-c4ccccc4)c2-c2ccccc2)Cc2ccccc2-3)cc1. The lowest BCUT2D eigenvalue weighted by Gasteiger charge is -2.21. The molecule has 0 unspecified atom stereocenters. The molecule has 0 fully saturated rings. The van der Waals surface area contributed by atoms with Gasteiger partial charge in [0.05, 0.1) is 0 Å². The zero-order valence-electron chi connectivity index (χ0n) is 18.2. The Balaban J connectivity index is 1.76. The van der Waals surface area contributed by atoms with Gasteiger partial charge in [-0.05, 0) is 75.0 Å². The first-order chi connectivity index (χ1) is 15.8. The molecule has 0 bridgehead atoms. The van der Waals surface area contributed by atoms with Gasteiger partial charge in [-0.1, -0.05) is 115 Å². The van der Waals surface area contributed by atoms with Crippen LogP contribution in [0.15, 0.2) is 115 Å². The van der Waals surface area contributed by atoms with Crippen molar-refractivity contribution in [3.63, 3.8) is 0 Å². The molecule has 0 aliphatic heterocycles. The fraction of sp³-hybridized carbons (Fsp3) is 0.0625. The minimum atomic E-state index is 0.976. The van der Waals surface area contributed by atoms with Crippen molar-refractivity contribution in [3.8, 4) is 44.5 Å². The van der Waals surface area contributed by atoms with Crippen LogP contribution in [0, 0.1) is 6.92 Å². The normalized spacial score (nSPS) is 11.8. The minimum Gasteiger partial charge on any atom is -0.0622 e. The molecule has 0 aromatic heterocycles. The van der Waals surface area contributed by atoms with Crippen LogP contribution in [0.1, 0.15) is 16.7 Å². The number of aryl methyl sites for hydroxylation is 1. The quantitative estimate of drug-likeness (QED) is 0.275. The molecule has 0 saturated carbocycles. The molecule has 0 atom stereocenters. The molecule has 152 valence electrons. The van der Waals surface area contributed by atoms with Gasteiger partial charge in [0.1, 0.15) is 0 Å². The lowest BCUT2D eigenvalue weighted by atomic mass is 9.82. The van der Waals surface area contributed by atoms with Crippen molar-refractivity contribution < 1.29 is 0 Å². The monoisotopic (exact) mass is 408 g/mol. The van der Waals surface area contributed by atoms with Gasteiger partial charge in [0.15, 0.2) is 0 Å². The topological polar surface area (TPSA) is 0 Å². The van der Waals surface area contributed by atoms with Crippen LogP contribution in [-0.2, 0) is 6.42 Å². The van der Waals surface area contributed by atoms with E-state index in [2.05, 4.69) is 122 Å². The first kappa shape index (κ1) is 18.8. The van der Waals surface area contributed by atoms with Crippen molar-refractivity contribution in [2.24, 2.45) is 0 Å². The van der Waals surface area contributed by atoms with Gasteiger partial charge in [0.2, 0.25) is 0 Å². The molecule has 6 rings (SSSR count). The molecule has 32 heavy (non-hydrogen) atoms. The molecule has 0 heteroatoms. The van der Waals surface area contributed by atoms with Crippen molar-refractivity contribution in [1.82, 2.24) is 0 Å². The number of benzene rings is 5. The average molecular weight is 409 g/mol. The average Bonchev–Trinajstić information content (AvgIpc) is 3.23. The Morgan fingerprint density at radius 2 is 1.06 bits per heavy atom. The largest absolute Gasteiger partial charge is 0.0622 e. The highest BCUT2D eigenvalue weighted by molar-refractivity contribution is 6.01. The third-order valence-corrected chi connectivity index (χ3v) is 6.60. The maximum atomic E-state index is 2.43. The van der Waals surface area contributed by atoms with Crippen LogP contribution >= 0.6 is 0 Å². The lowest BCUT2D eigenvalue weighted by molar-refractivity contribution is 1.26. The molecule has 0 amide bonds. The van der Waals surface area contributed by atoms with E-state index >= 15 is 0 Å². The third-order valence-electron chi connectivity index (χ3n) is 6.60. The van der Waals surface area contributed by atoms with Gasteiger partial charge in [-0.15, -0.1) is 0 Å². The molecule has 1 aliphatic rings. The van der Waals surface area contributed by atoms with Crippen LogP contribution in [0.4, 0.5) is 0 Å². The summed E-state index contributed by atoms with van der Waals surface area (Å²) in [6.07, 6.45) is 0.976. The number of fused-ring (bicyclic) bond motifs is 3. The molecular weight excluding hydrogens is 384 g/mol. The maximum absolute atomic E-state index is 2.43. The Labute approximate surface area is 189 Å². The number of hydrogen-bond donors (Lipinski definition) is 0. The molecule has 0 N–H and O–H groups in total. The Kier molecular flexibility index (Phi) is 4.51. The van der Waals surface area contributed by atoms with Crippen LogP contribution in [-0.4, -0.2) is 0 Å². The van der Waals surface area contributed by atoms with E-state index in [0.717, 1.165) is 6.42 Å². The van der Waals surface area contributed by atoms with E-state index < -0.39 is 0 Å². The summed E-state index contributed by atoms with van der Waals surface area (Å²) in [5, 5.41) is 0. The number of rotatable bonds is 3. The minimum absolute atomic E-state index is 0.976. The van der Waals surface area contributed by atoms with Gasteiger partial charge in [0.25, 0.3) is 0 Å². The molecule has 0 heterocycles. The zero-order chi connectivity index (χ0) is 21.5. The van der Waals surface area contributed by atoms with E-state index in [1.54, 1.807) is 0 Å². The van der Waals surface area contributed by atoms with Crippen molar-refractivity contribution in [2.75, 3.05) is 0 Å². The molecule has 5 aromatic rings. The maximum Gasteiger partial charge on any atom is -0.000705 e. The second-order valence-corrected chi connectivity index (χ2v) is 8.63. The van der Waals surface area contributed by atoms with Crippen molar-refractivity contribution in [2.45, 2.75) is 13.3 Å². The van der Waals surface area contributed by atoms with Crippen LogP contribution in [0.2, 0.25) is 0 Å². The van der Waals surface area contributed by atoms with E-state index in [0.29, 0.717) is 0 Å². The van der Waals surface area contributed by atoms with E-state index in [1.165, 1.54) is 61.2 Å². The van der Waals surface area contributed by atoms with E-state index in [4.69, 9.17) is 0 Å². The summed E-state index contributed by atoms with van der Waals surface area (Å²) in [6.45, 7) is 2.15. The van der Waals surface area contributed by atoms with Gasteiger partial charge < -0.3 is 0 Å². The molecule has 0 radical (unpaired) electrons. The first-order valence-corrected chi connectivity index (χ1v) is 11.3. The van der Waals surface area contributed by atoms with Gasteiger partial charge >= 0.3 is 0 Å². The van der Waals surface area contributed by atoms with E-state index in [9.17, 15) is 0 Å². The molecule has 5 aromatic carbocycles. The van der Waals surface area contributed by atoms with Gasteiger partial charge in [-0.3, -0.25) is 0 Å². The summed E-state index contributed by atoms with van der Waals surface area (Å²) >= 11 is 0. The fourth-order valence-corrected chi connectivity index (χ4v) is 5.06. The van der Waals surface area contributed by atoms with Crippen molar-refractivity contribution in [1.29, 1.82) is 0 Å². The Morgan fingerprint density at radius 1 is 0.469 bits per heavy atom. The summed E-state index contributed by atoms with van der Waals surface area (Å²) < 4.78 is 0. The molecule has 0 spiro atoms. The van der Waals surface area contributed by atoms with Crippen LogP contribution in [0.3, 0.4) is 0 Å². The Morgan fingerprint density at radius 3 is 1.75 bits per heavy atom. The Bertz CT molecular complexity index is 1410. The fourth-order valence-electron chi connectivity index (χ4n) is 5.06. The van der Waals surface area contributed by atoms with Gasteiger partial charge in [-0.25, -0.2) is 0 Å². The van der Waals surface area contributed by atoms with E-state index in [-0.39, 0.29) is 0 Å². The van der Waals surface area contributed by atoms with Crippen molar-refractivity contribution >= 4 is 0 Å². The number of hydrogen-bond acceptors (Lipinski definition) is 0. The second-order valence-electron chi connectivity index (χ2n) is 8.63. The highest BCUT2D eigenvalue weighted by Gasteiger charge is 2.27. The predicted molar refractivity (Wildman–Crippen MR) is 136 cm³/mol. The smallest absolute Gasteiger partial charge is 0.000705 e. The van der Waals surface area contributed by atoms with Crippen LogP contribution < -0.4 is 0 Å². The van der Waals surface area contributed by atoms with Crippen LogP contribution in [0.25, 0.3) is 44.5 Å². The molecule has 1 aliphatic carbocycles. The van der Waals surface area contributed by atoms with Crippen LogP contribution in [0.5, 0.6) is 0 Å². The Hall–Kier alpha value is -3.90. The highest BCUT2D eigenvalue weighted by atomic mass is 14.3. The van der Waals surface area contributed by atoms with Crippen molar-refractivity contribution in [3.05, 3.63) is 132 Å². The highest BCUT2D eigenvalue weighted by Crippen LogP contribution is 2.50.